The number of hydrogen-bond donors (Lipinski definition) is 2. The summed E-state index contributed by atoms with van der Waals surface area (Å²) in [6.07, 6.45) is -0.856. The highest BCUT2D eigenvalue weighted by atomic mass is 35.5. The molecule has 0 saturated heterocycles. The summed E-state index contributed by atoms with van der Waals surface area (Å²) in [6.45, 7) is 1.10. The fraction of sp³-hybridized carbons (Fsp3) is 0.263. The van der Waals surface area contributed by atoms with Gasteiger partial charge in [-0.15, -0.1) is 0 Å². The smallest absolute Gasteiger partial charge is 0.341 e. The lowest BCUT2D eigenvalue weighted by molar-refractivity contribution is -0.228. The monoisotopic (exact) mass is 442 g/mol. The molecule has 2 aromatic rings. The molecule has 0 saturated carbocycles. The molecule has 0 heterocycles. The van der Waals surface area contributed by atoms with E-state index in [1.807, 2.05) is 0 Å². The zero-order valence-corrected chi connectivity index (χ0v) is 17.0. The number of nitrogens with two attached hydrogens (primary N) is 2. The van der Waals surface area contributed by atoms with Crippen LogP contribution in [0.25, 0.3) is 0 Å². The van der Waals surface area contributed by atoms with Crippen molar-refractivity contribution in [1.82, 2.24) is 0 Å². The molecule has 0 spiro atoms. The second-order valence-corrected chi connectivity index (χ2v) is 6.74. The van der Waals surface area contributed by atoms with Gasteiger partial charge in [-0.2, -0.15) is 0 Å². The van der Waals surface area contributed by atoms with Gasteiger partial charge in [-0.3, -0.25) is 9.68 Å². The molecule has 2 rings (SSSR count). The van der Waals surface area contributed by atoms with Crippen LogP contribution in [0.5, 0.6) is 0 Å². The Morgan fingerprint density at radius 1 is 0.931 bits per heavy atom. The van der Waals surface area contributed by atoms with Crippen LogP contribution < -0.4 is 11.8 Å². The summed E-state index contributed by atoms with van der Waals surface area (Å²) in [6, 6.07) is 12.4. The van der Waals surface area contributed by atoms with Gasteiger partial charge in [0.05, 0.1) is 0 Å². The number of esters is 2. The van der Waals surface area contributed by atoms with Crippen LogP contribution >= 0.6 is 23.2 Å². The Kier molecular flexibility index (Phi) is 8.39. The van der Waals surface area contributed by atoms with Gasteiger partial charge in [0.15, 0.2) is 12.7 Å². The average molecular weight is 443 g/mol. The lowest BCUT2D eigenvalue weighted by atomic mass is 9.96. The number of carbonyl (C=O) groups excluding carboxylic acids is 2. The third-order valence-electron chi connectivity index (χ3n) is 3.95. The van der Waals surface area contributed by atoms with E-state index in [-0.39, 0.29) is 6.42 Å². The molecule has 0 aliphatic carbocycles. The number of benzene rings is 2. The molecule has 4 N–H and O–H groups in total. The third kappa shape index (κ3) is 5.66. The van der Waals surface area contributed by atoms with Crippen molar-refractivity contribution in [3.8, 4) is 0 Å². The van der Waals surface area contributed by atoms with Crippen LogP contribution in [0.15, 0.2) is 48.5 Å². The maximum atomic E-state index is 12.7. The molecular weight excluding hydrogens is 423 g/mol. The Labute approximate surface area is 177 Å². The Morgan fingerprint density at radius 2 is 1.41 bits per heavy atom. The summed E-state index contributed by atoms with van der Waals surface area (Å²) in [7, 11) is 0. The second kappa shape index (κ2) is 10.5. The fourth-order valence-electron chi connectivity index (χ4n) is 2.55. The predicted octanol–water partition coefficient (Wildman–Crippen LogP) is 2.84. The van der Waals surface area contributed by atoms with E-state index in [4.69, 9.17) is 44.5 Å². The van der Waals surface area contributed by atoms with E-state index < -0.39 is 30.4 Å². The summed E-state index contributed by atoms with van der Waals surface area (Å²) < 4.78 is 11.3. The zero-order valence-electron chi connectivity index (χ0n) is 15.5. The van der Waals surface area contributed by atoms with Crippen LogP contribution in [-0.2, 0) is 34.5 Å². The Morgan fingerprint density at radius 3 is 1.79 bits per heavy atom. The van der Waals surface area contributed by atoms with Gasteiger partial charge < -0.3 is 9.47 Å². The molecular formula is C19H20Cl2N2O6. The highest BCUT2D eigenvalue weighted by molar-refractivity contribution is 6.30. The normalized spacial score (nSPS) is 12.3. The van der Waals surface area contributed by atoms with E-state index in [2.05, 4.69) is 9.68 Å². The van der Waals surface area contributed by atoms with Gasteiger partial charge in [0.1, 0.15) is 0 Å². The first kappa shape index (κ1) is 23.1. The molecule has 0 radical (unpaired) electrons. The fourth-order valence-corrected chi connectivity index (χ4v) is 2.80. The number of hydrogen-bond acceptors (Lipinski definition) is 8. The maximum Gasteiger partial charge on any atom is 0.341 e. The van der Waals surface area contributed by atoms with Crippen LogP contribution in [0.3, 0.4) is 0 Å². The van der Waals surface area contributed by atoms with Crippen molar-refractivity contribution in [2.75, 3.05) is 6.61 Å². The van der Waals surface area contributed by atoms with Crippen molar-refractivity contribution in [2.45, 2.75) is 25.2 Å². The van der Waals surface area contributed by atoms with Gasteiger partial charge >= 0.3 is 17.7 Å². The quantitative estimate of drug-likeness (QED) is 0.345. The minimum Gasteiger partial charge on any atom is -0.412 e. The van der Waals surface area contributed by atoms with Gasteiger partial charge in [0, 0.05) is 21.2 Å². The Balaban J connectivity index is 2.65. The second-order valence-electron chi connectivity index (χ2n) is 5.87. The lowest BCUT2D eigenvalue weighted by Crippen LogP contribution is -2.43. The van der Waals surface area contributed by atoms with E-state index in [1.54, 1.807) is 55.5 Å². The van der Waals surface area contributed by atoms with Gasteiger partial charge in [-0.1, -0.05) is 30.1 Å². The van der Waals surface area contributed by atoms with Gasteiger partial charge in [-0.25, -0.2) is 21.4 Å². The van der Waals surface area contributed by atoms with Crippen LogP contribution in [-0.4, -0.2) is 24.6 Å². The minimum absolute atomic E-state index is 0.229. The molecule has 8 nitrogen and oxygen atoms in total. The van der Waals surface area contributed by atoms with Crippen LogP contribution in [0.2, 0.25) is 10.0 Å². The summed E-state index contributed by atoms with van der Waals surface area (Å²) in [4.78, 5) is 34.0. The van der Waals surface area contributed by atoms with E-state index in [1.165, 1.54) is 0 Å². The minimum atomic E-state index is -1.99. The van der Waals surface area contributed by atoms with Crippen molar-refractivity contribution >= 4 is 35.1 Å². The summed E-state index contributed by atoms with van der Waals surface area (Å²) in [5, 5.41) is 0.858. The summed E-state index contributed by atoms with van der Waals surface area (Å²) >= 11 is 12.0. The van der Waals surface area contributed by atoms with Gasteiger partial charge in [0.25, 0.3) is 0 Å². The van der Waals surface area contributed by atoms with Gasteiger partial charge in [0.2, 0.25) is 0 Å². The SMILES string of the molecule is CCC(ON)C(=O)OC(OC(=O)CON)(c1ccc(Cl)cc1)c1ccc(Cl)cc1. The Bertz CT molecular complexity index is 780. The molecule has 0 fully saturated rings. The van der Waals surface area contributed by atoms with Crippen molar-refractivity contribution in [3.05, 3.63) is 69.7 Å². The lowest BCUT2D eigenvalue weighted by Gasteiger charge is -2.34. The predicted molar refractivity (Wildman–Crippen MR) is 105 cm³/mol. The molecule has 2 aromatic carbocycles. The van der Waals surface area contributed by atoms with E-state index >= 15 is 0 Å². The molecule has 29 heavy (non-hydrogen) atoms. The molecule has 0 bridgehead atoms. The summed E-state index contributed by atoms with van der Waals surface area (Å²) in [5.41, 5.74) is 0.602. The maximum absolute atomic E-state index is 12.7. The van der Waals surface area contributed by atoms with Crippen molar-refractivity contribution in [3.63, 3.8) is 0 Å². The van der Waals surface area contributed by atoms with Crippen LogP contribution in [0.1, 0.15) is 24.5 Å². The molecule has 0 aromatic heterocycles. The zero-order chi connectivity index (χ0) is 21.4. The average Bonchev–Trinajstić information content (AvgIpc) is 2.69. The largest absolute Gasteiger partial charge is 0.412 e. The number of rotatable bonds is 9. The highest BCUT2D eigenvalue weighted by Crippen LogP contribution is 2.37. The molecule has 0 amide bonds. The molecule has 0 aliphatic rings. The molecule has 1 atom stereocenters. The molecule has 10 heteroatoms. The van der Waals surface area contributed by atoms with E-state index in [9.17, 15) is 9.59 Å². The third-order valence-corrected chi connectivity index (χ3v) is 4.45. The van der Waals surface area contributed by atoms with Crippen molar-refractivity contribution in [2.24, 2.45) is 11.8 Å². The topological polar surface area (TPSA) is 123 Å². The van der Waals surface area contributed by atoms with Crippen LogP contribution in [0, 0.1) is 0 Å². The first-order valence-corrected chi connectivity index (χ1v) is 9.25. The number of ether oxygens (including phenoxy) is 2. The van der Waals surface area contributed by atoms with E-state index in [0.29, 0.717) is 21.2 Å². The molecule has 1 unspecified atom stereocenters. The van der Waals surface area contributed by atoms with E-state index in [0.717, 1.165) is 0 Å². The van der Waals surface area contributed by atoms with Gasteiger partial charge in [-0.05, 0) is 55.0 Å². The summed E-state index contributed by atoms with van der Waals surface area (Å²) in [5.74, 6) is 6.45. The molecule has 156 valence electrons. The standard InChI is InChI=1S/C19H20Cl2N2O6/c1-2-16(29-23)18(25)28-19(27-17(24)11-26-22,12-3-7-14(20)8-4-12)13-5-9-15(21)10-6-13/h3-10,16H,2,11,22-23H2,1H3. The first-order chi connectivity index (χ1) is 13.9. The van der Waals surface area contributed by atoms with Crippen molar-refractivity contribution < 1.29 is 28.7 Å². The highest BCUT2D eigenvalue weighted by Gasteiger charge is 2.44. The van der Waals surface area contributed by atoms with Crippen LogP contribution in [0.4, 0.5) is 0 Å². The Hall–Kier alpha value is -2.20. The van der Waals surface area contributed by atoms with Crippen molar-refractivity contribution in [1.29, 1.82) is 0 Å². The first-order valence-electron chi connectivity index (χ1n) is 8.50. The number of carbonyl (C=O) groups is 2. The molecule has 0 aliphatic heterocycles. The number of halogens is 2.